The molecule has 1 heterocycles. The monoisotopic (exact) mass is 231 g/mol. The molecule has 1 atom stereocenters. The van der Waals surface area contributed by atoms with Crippen LogP contribution in [0.25, 0.3) is 0 Å². The van der Waals surface area contributed by atoms with E-state index in [1.54, 1.807) is 0 Å². The maximum absolute atomic E-state index is 5.80. The van der Waals surface area contributed by atoms with Gasteiger partial charge in [0.2, 0.25) is 0 Å². The van der Waals surface area contributed by atoms with Gasteiger partial charge in [-0.15, -0.1) is 6.58 Å². The fourth-order valence-corrected chi connectivity index (χ4v) is 2.38. The minimum atomic E-state index is 0.580. The summed E-state index contributed by atoms with van der Waals surface area (Å²) in [6.07, 6.45) is 4.52. The molecule has 0 spiro atoms. The smallest absolute Gasteiger partial charge is 0.0717 e. The number of rotatable bonds is 6. The first-order chi connectivity index (χ1) is 8.40. The summed E-state index contributed by atoms with van der Waals surface area (Å²) in [7, 11) is 0. The van der Waals surface area contributed by atoms with Crippen LogP contribution in [0.15, 0.2) is 43.0 Å². The van der Waals surface area contributed by atoms with Crippen molar-refractivity contribution in [1.82, 2.24) is 4.90 Å². The minimum Gasteiger partial charge on any atom is -0.375 e. The average molecular weight is 231 g/mol. The number of hydrogen-bond donors (Lipinski definition) is 0. The molecule has 2 nitrogen and oxygen atoms in total. The van der Waals surface area contributed by atoms with Crippen molar-refractivity contribution in [1.29, 1.82) is 0 Å². The average Bonchev–Trinajstić information content (AvgIpc) is 2.79. The van der Waals surface area contributed by atoms with Crippen molar-refractivity contribution in [3.8, 4) is 0 Å². The van der Waals surface area contributed by atoms with Gasteiger partial charge >= 0.3 is 0 Å². The van der Waals surface area contributed by atoms with Gasteiger partial charge in [-0.25, -0.2) is 0 Å². The van der Waals surface area contributed by atoms with E-state index in [4.69, 9.17) is 4.74 Å². The molecule has 0 radical (unpaired) electrons. The fraction of sp³-hybridized carbons (Fsp3) is 0.467. The predicted molar refractivity (Wildman–Crippen MR) is 70.9 cm³/mol. The SMILES string of the molecule is C=CCN1CCCC1COCc1ccccc1. The normalized spacial score (nSPS) is 20.6. The Kier molecular flexibility index (Phi) is 4.77. The highest BCUT2D eigenvalue weighted by Gasteiger charge is 2.23. The zero-order chi connectivity index (χ0) is 11.9. The third-order valence-electron chi connectivity index (χ3n) is 3.28. The Balaban J connectivity index is 1.73. The van der Waals surface area contributed by atoms with Gasteiger partial charge in [0.25, 0.3) is 0 Å². The number of ether oxygens (including phenoxy) is 1. The molecule has 0 saturated carbocycles. The molecule has 0 bridgehead atoms. The van der Waals surface area contributed by atoms with Crippen LogP contribution in [0.5, 0.6) is 0 Å². The first-order valence-corrected chi connectivity index (χ1v) is 6.37. The molecule has 2 rings (SSSR count). The fourth-order valence-electron chi connectivity index (χ4n) is 2.38. The van der Waals surface area contributed by atoms with Crippen molar-refractivity contribution >= 4 is 0 Å². The van der Waals surface area contributed by atoms with Crippen LogP contribution in [0.3, 0.4) is 0 Å². The van der Waals surface area contributed by atoms with Gasteiger partial charge in [-0.05, 0) is 24.9 Å². The van der Waals surface area contributed by atoms with Crippen LogP contribution in [-0.2, 0) is 11.3 Å². The first-order valence-electron chi connectivity index (χ1n) is 6.37. The van der Waals surface area contributed by atoms with E-state index in [1.807, 2.05) is 12.1 Å². The van der Waals surface area contributed by atoms with E-state index in [2.05, 4.69) is 35.7 Å². The van der Waals surface area contributed by atoms with Crippen molar-refractivity contribution in [3.05, 3.63) is 48.6 Å². The van der Waals surface area contributed by atoms with Crippen LogP contribution >= 0.6 is 0 Å². The van der Waals surface area contributed by atoms with Crippen LogP contribution in [-0.4, -0.2) is 30.6 Å². The molecule has 92 valence electrons. The van der Waals surface area contributed by atoms with E-state index < -0.39 is 0 Å². The van der Waals surface area contributed by atoms with Crippen LogP contribution in [0.2, 0.25) is 0 Å². The molecule has 0 amide bonds. The van der Waals surface area contributed by atoms with Gasteiger partial charge in [-0.1, -0.05) is 36.4 Å². The standard InChI is InChI=1S/C15H21NO/c1-2-10-16-11-6-9-15(16)13-17-12-14-7-4-3-5-8-14/h2-5,7-8,15H,1,6,9-13H2. The second kappa shape index (κ2) is 6.58. The Morgan fingerprint density at radius 3 is 2.94 bits per heavy atom. The number of hydrogen-bond acceptors (Lipinski definition) is 2. The van der Waals surface area contributed by atoms with Crippen LogP contribution < -0.4 is 0 Å². The lowest BCUT2D eigenvalue weighted by Gasteiger charge is -2.22. The van der Waals surface area contributed by atoms with E-state index in [1.165, 1.54) is 24.9 Å². The van der Waals surface area contributed by atoms with Crippen LogP contribution in [0, 0.1) is 0 Å². The Morgan fingerprint density at radius 1 is 1.35 bits per heavy atom. The van der Waals surface area contributed by atoms with E-state index in [0.29, 0.717) is 6.04 Å². The van der Waals surface area contributed by atoms with Gasteiger partial charge in [0, 0.05) is 12.6 Å². The summed E-state index contributed by atoms with van der Waals surface area (Å²) in [5.41, 5.74) is 1.25. The molecule has 1 saturated heterocycles. The summed E-state index contributed by atoms with van der Waals surface area (Å²) >= 11 is 0. The van der Waals surface area contributed by atoms with Crippen LogP contribution in [0.4, 0.5) is 0 Å². The van der Waals surface area contributed by atoms with Gasteiger partial charge in [0.15, 0.2) is 0 Å². The molecule has 1 aliphatic heterocycles. The largest absolute Gasteiger partial charge is 0.375 e. The van der Waals surface area contributed by atoms with Crippen molar-refractivity contribution in [3.63, 3.8) is 0 Å². The Labute approximate surface area is 104 Å². The maximum atomic E-state index is 5.80. The molecule has 1 aromatic rings. The van der Waals surface area contributed by atoms with Crippen molar-refractivity contribution in [2.24, 2.45) is 0 Å². The topological polar surface area (TPSA) is 12.5 Å². The minimum absolute atomic E-state index is 0.580. The highest BCUT2D eigenvalue weighted by molar-refractivity contribution is 5.13. The molecular formula is C15H21NO. The summed E-state index contributed by atoms with van der Waals surface area (Å²) in [5, 5.41) is 0. The Bertz CT molecular complexity index is 336. The zero-order valence-corrected chi connectivity index (χ0v) is 10.3. The Morgan fingerprint density at radius 2 is 2.18 bits per heavy atom. The second-order valence-electron chi connectivity index (χ2n) is 4.58. The molecule has 1 unspecified atom stereocenters. The Hall–Kier alpha value is -1.12. The third-order valence-corrected chi connectivity index (χ3v) is 3.28. The quantitative estimate of drug-likeness (QED) is 0.698. The summed E-state index contributed by atoms with van der Waals surface area (Å²) in [4.78, 5) is 2.46. The number of likely N-dealkylation sites (tertiary alicyclic amines) is 1. The number of benzene rings is 1. The van der Waals surface area contributed by atoms with Crippen molar-refractivity contribution < 1.29 is 4.74 Å². The van der Waals surface area contributed by atoms with Crippen LogP contribution in [0.1, 0.15) is 18.4 Å². The summed E-state index contributed by atoms with van der Waals surface area (Å²) < 4.78 is 5.80. The molecule has 1 fully saturated rings. The van der Waals surface area contributed by atoms with Crippen molar-refractivity contribution in [2.75, 3.05) is 19.7 Å². The van der Waals surface area contributed by atoms with E-state index in [-0.39, 0.29) is 0 Å². The second-order valence-corrected chi connectivity index (χ2v) is 4.58. The van der Waals surface area contributed by atoms with E-state index in [9.17, 15) is 0 Å². The van der Waals surface area contributed by atoms with E-state index >= 15 is 0 Å². The molecule has 1 aromatic carbocycles. The van der Waals surface area contributed by atoms with Crippen molar-refractivity contribution in [2.45, 2.75) is 25.5 Å². The van der Waals surface area contributed by atoms with Gasteiger partial charge in [0.1, 0.15) is 0 Å². The highest BCUT2D eigenvalue weighted by Crippen LogP contribution is 2.17. The molecule has 2 heteroatoms. The van der Waals surface area contributed by atoms with Gasteiger partial charge in [0.05, 0.1) is 13.2 Å². The third kappa shape index (κ3) is 3.69. The molecule has 0 aliphatic carbocycles. The number of nitrogens with zero attached hydrogens (tertiary/aromatic N) is 1. The lowest BCUT2D eigenvalue weighted by atomic mass is 10.2. The van der Waals surface area contributed by atoms with Gasteiger partial charge < -0.3 is 4.74 Å². The molecule has 0 N–H and O–H groups in total. The first kappa shape index (κ1) is 12.3. The summed E-state index contributed by atoms with van der Waals surface area (Å²) in [6, 6.07) is 10.9. The lowest BCUT2D eigenvalue weighted by Crippen LogP contribution is -2.33. The van der Waals surface area contributed by atoms with Gasteiger partial charge in [-0.3, -0.25) is 4.90 Å². The highest BCUT2D eigenvalue weighted by atomic mass is 16.5. The molecule has 1 aliphatic rings. The molecule has 0 aromatic heterocycles. The lowest BCUT2D eigenvalue weighted by molar-refractivity contribution is 0.0706. The maximum Gasteiger partial charge on any atom is 0.0717 e. The van der Waals surface area contributed by atoms with Gasteiger partial charge in [-0.2, -0.15) is 0 Å². The zero-order valence-electron chi connectivity index (χ0n) is 10.3. The summed E-state index contributed by atoms with van der Waals surface area (Å²) in [6.45, 7) is 7.53. The van der Waals surface area contributed by atoms with E-state index in [0.717, 1.165) is 19.8 Å². The summed E-state index contributed by atoms with van der Waals surface area (Å²) in [5.74, 6) is 0. The predicted octanol–water partition coefficient (Wildman–Crippen LogP) is 2.85. The molecular weight excluding hydrogens is 210 g/mol. The molecule has 17 heavy (non-hydrogen) atoms.